The standard InChI is InChI=1S/C15H7Br3N2O3S/c16-7-1-3-8(4-2-7)20-14(22)10(13(21)19-15(20)24)5-9-6-11(17)12(18)23-9/h1-6H,(H,19,21,24)/b10-5+. The second kappa shape index (κ2) is 6.91. The Kier molecular flexibility index (Phi) is 5.05. The van der Waals surface area contributed by atoms with Gasteiger partial charge in [-0.2, -0.15) is 0 Å². The molecule has 3 rings (SSSR count). The first-order valence-corrected chi connectivity index (χ1v) is 9.27. The Bertz CT molecular complexity index is 870. The Morgan fingerprint density at radius 3 is 2.38 bits per heavy atom. The lowest BCUT2D eigenvalue weighted by Crippen LogP contribution is -2.54. The van der Waals surface area contributed by atoms with E-state index in [1.807, 2.05) is 0 Å². The average Bonchev–Trinajstić information content (AvgIpc) is 2.83. The fourth-order valence-corrected chi connectivity index (χ4v) is 3.21. The van der Waals surface area contributed by atoms with Crippen LogP contribution in [0.4, 0.5) is 5.69 Å². The zero-order valence-corrected chi connectivity index (χ0v) is 17.3. The fraction of sp³-hybridized carbons (Fsp3) is 0. The van der Waals surface area contributed by atoms with Crippen LogP contribution in [0.15, 0.2) is 53.9 Å². The van der Waals surface area contributed by atoms with Gasteiger partial charge < -0.3 is 4.42 Å². The van der Waals surface area contributed by atoms with Crippen LogP contribution < -0.4 is 10.2 Å². The van der Waals surface area contributed by atoms with Crippen LogP contribution in [0.3, 0.4) is 0 Å². The first-order valence-electron chi connectivity index (χ1n) is 6.48. The predicted molar refractivity (Wildman–Crippen MR) is 104 cm³/mol. The van der Waals surface area contributed by atoms with Crippen molar-refractivity contribution in [2.24, 2.45) is 0 Å². The molecular formula is C15H7Br3N2O3S. The predicted octanol–water partition coefficient (Wildman–Crippen LogP) is 4.40. The van der Waals surface area contributed by atoms with Gasteiger partial charge in [0.2, 0.25) is 0 Å². The number of halogens is 3. The zero-order valence-electron chi connectivity index (χ0n) is 11.7. The van der Waals surface area contributed by atoms with Crippen LogP contribution in [0.5, 0.6) is 0 Å². The van der Waals surface area contributed by atoms with Crippen molar-refractivity contribution in [3.8, 4) is 0 Å². The Morgan fingerprint density at radius 1 is 1.12 bits per heavy atom. The van der Waals surface area contributed by atoms with Crippen molar-refractivity contribution in [1.29, 1.82) is 0 Å². The Morgan fingerprint density at radius 2 is 1.79 bits per heavy atom. The van der Waals surface area contributed by atoms with Gasteiger partial charge in [0.15, 0.2) is 9.78 Å². The van der Waals surface area contributed by atoms with E-state index in [2.05, 4.69) is 53.1 Å². The van der Waals surface area contributed by atoms with Crippen LogP contribution in [0, 0.1) is 0 Å². The molecule has 1 aliphatic rings. The molecule has 1 aromatic heterocycles. The third kappa shape index (κ3) is 3.39. The van der Waals surface area contributed by atoms with Crippen molar-refractivity contribution in [2.75, 3.05) is 4.90 Å². The van der Waals surface area contributed by atoms with Gasteiger partial charge >= 0.3 is 0 Å². The van der Waals surface area contributed by atoms with E-state index in [4.69, 9.17) is 16.6 Å². The van der Waals surface area contributed by atoms with Crippen molar-refractivity contribution in [1.82, 2.24) is 5.32 Å². The molecule has 2 heterocycles. The largest absolute Gasteiger partial charge is 0.449 e. The first-order chi connectivity index (χ1) is 11.4. The summed E-state index contributed by atoms with van der Waals surface area (Å²) in [7, 11) is 0. The Balaban J connectivity index is 2.01. The summed E-state index contributed by atoms with van der Waals surface area (Å²) in [4.78, 5) is 26.2. The van der Waals surface area contributed by atoms with E-state index in [1.54, 1.807) is 30.3 Å². The van der Waals surface area contributed by atoms with E-state index in [0.29, 0.717) is 20.6 Å². The van der Waals surface area contributed by atoms with E-state index in [-0.39, 0.29) is 10.7 Å². The summed E-state index contributed by atoms with van der Waals surface area (Å²) in [6, 6.07) is 8.67. The van der Waals surface area contributed by atoms with Gasteiger partial charge in [0.05, 0.1) is 10.2 Å². The molecule has 0 atom stereocenters. The highest BCUT2D eigenvalue weighted by molar-refractivity contribution is 9.13. The lowest BCUT2D eigenvalue weighted by atomic mass is 10.1. The number of hydrogen-bond donors (Lipinski definition) is 1. The number of benzene rings is 1. The second-order valence-corrected chi connectivity index (χ2v) is 7.58. The lowest BCUT2D eigenvalue weighted by Gasteiger charge is -2.28. The molecule has 1 aromatic carbocycles. The monoisotopic (exact) mass is 532 g/mol. The lowest BCUT2D eigenvalue weighted by molar-refractivity contribution is -0.122. The number of nitrogens with zero attached hydrogens (tertiary/aromatic N) is 1. The van der Waals surface area contributed by atoms with Crippen molar-refractivity contribution in [3.63, 3.8) is 0 Å². The number of thiocarbonyl (C=S) groups is 1. The van der Waals surface area contributed by atoms with E-state index in [9.17, 15) is 9.59 Å². The molecule has 1 N–H and O–H groups in total. The highest BCUT2D eigenvalue weighted by Crippen LogP contribution is 2.29. The summed E-state index contributed by atoms with van der Waals surface area (Å²) >= 11 is 15.0. The molecule has 122 valence electrons. The number of amides is 2. The van der Waals surface area contributed by atoms with Crippen molar-refractivity contribution in [3.05, 3.63) is 55.3 Å². The molecule has 24 heavy (non-hydrogen) atoms. The molecular weight excluding hydrogens is 528 g/mol. The highest BCUT2D eigenvalue weighted by Gasteiger charge is 2.34. The van der Waals surface area contributed by atoms with E-state index in [1.165, 1.54) is 11.0 Å². The van der Waals surface area contributed by atoms with Gasteiger partial charge in [-0.05, 0) is 80.5 Å². The summed E-state index contributed by atoms with van der Waals surface area (Å²) in [5.41, 5.74) is 0.487. The number of rotatable bonds is 2. The molecule has 5 nitrogen and oxygen atoms in total. The maximum Gasteiger partial charge on any atom is 0.270 e. The number of furan rings is 1. The highest BCUT2D eigenvalue weighted by atomic mass is 79.9. The fourth-order valence-electron chi connectivity index (χ4n) is 2.06. The maximum absolute atomic E-state index is 12.8. The topological polar surface area (TPSA) is 62.6 Å². The third-order valence-corrected chi connectivity index (χ3v) is 5.66. The van der Waals surface area contributed by atoms with Gasteiger partial charge in [0.25, 0.3) is 11.8 Å². The number of carbonyl (C=O) groups excluding carboxylic acids is 2. The molecule has 1 aliphatic heterocycles. The van der Waals surface area contributed by atoms with Crippen LogP contribution in [-0.4, -0.2) is 16.9 Å². The molecule has 2 aromatic rings. The maximum atomic E-state index is 12.8. The van der Waals surface area contributed by atoms with Crippen molar-refractivity contribution in [2.45, 2.75) is 0 Å². The average molecular weight is 535 g/mol. The molecule has 0 radical (unpaired) electrons. The van der Waals surface area contributed by atoms with Gasteiger partial charge in [-0.25, -0.2) is 0 Å². The summed E-state index contributed by atoms with van der Waals surface area (Å²) < 4.78 is 7.42. The minimum absolute atomic E-state index is 0.0336. The number of nitrogens with one attached hydrogen (secondary N) is 1. The smallest absolute Gasteiger partial charge is 0.270 e. The van der Waals surface area contributed by atoms with Crippen LogP contribution in [0.25, 0.3) is 6.08 Å². The SMILES string of the molecule is O=C1NC(=S)N(c2ccc(Br)cc2)C(=O)/C1=C/c1cc(Br)c(Br)o1. The Labute approximate surface area is 167 Å². The van der Waals surface area contributed by atoms with E-state index < -0.39 is 11.8 Å². The van der Waals surface area contributed by atoms with Crippen LogP contribution in [-0.2, 0) is 9.59 Å². The molecule has 1 fully saturated rings. The molecule has 1 saturated heterocycles. The van der Waals surface area contributed by atoms with Gasteiger partial charge in [0, 0.05) is 4.47 Å². The quantitative estimate of drug-likeness (QED) is 0.352. The molecule has 0 aliphatic carbocycles. The van der Waals surface area contributed by atoms with Crippen molar-refractivity contribution >= 4 is 88.7 Å². The molecule has 0 spiro atoms. The van der Waals surface area contributed by atoms with Crippen LogP contribution in [0.1, 0.15) is 5.76 Å². The van der Waals surface area contributed by atoms with Crippen molar-refractivity contribution < 1.29 is 14.0 Å². The summed E-state index contributed by atoms with van der Waals surface area (Å²) in [5.74, 6) is -0.729. The van der Waals surface area contributed by atoms with Crippen LogP contribution in [0.2, 0.25) is 0 Å². The summed E-state index contributed by atoms with van der Waals surface area (Å²) in [6.45, 7) is 0. The Hall–Kier alpha value is -1.29. The molecule has 2 amide bonds. The van der Waals surface area contributed by atoms with Gasteiger partial charge in [-0.15, -0.1) is 0 Å². The normalized spacial score (nSPS) is 16.7. The number of hydrogen-bond acceptors (Lipinski definition) is 4. The number of anilines is 1. The van der Waals surface area contributed by atoms with Gasteiger partial charge in [-0.1, -0.05) is 15.9 Å². The first kappa shape index (κ1) is 17.5. The summed E-state index contributed by atoms with van der Waals surface area (Å²) in [5, 5.41) is 2.55. The number of carbonyl (C=O) groups is 2. The second-order valence-electron chi connectivity index (χ2n) is 4.70. The van der Waals surface area contributed by atoms with Crippen LogP contribution >= 0.6 is 60.0 Å². The molecule has 0 saturated carbocycles. The minimum atomic E-state index is -0.568. The minimum Gasteiger partial charge on any atom is -0.449 e. The van der Waals surface area contributed by atoms with Gasteiger partial charge in [0.1, 0.15) is 11.3 Å². The molecule has 9 heteroatoms. The van der Waals surface area contributed by atoms with E-state index in [0.717, 1.165) is 4.47 Å². The molecule has 0 bridgehead atoms. The van der Waals surface area contributed by atoms with Gasteiger partial charge in [-0.3, -0.25) is 19.8 Å². The van der Waals surface area contributed by atoms with E-state index >= 15 is 0 Å². The molecule has 0 unspecified atom stereocenters. The zero-order chi connectivity index (χ0) is 17.4. The summed E-state index contributed by atoms with van der Waals surface area (Å²) in [6.07, 6.45) is 1.38. The third-order valence-electron chi connectivity index (χ3n) is 3.14.